The van der Waals surface area contributed by atoms with E-state index >= 15 is 0 Å². The number of hydrogen-bond acceptors (Lipinski definition) is 6. The van der Waals surface area contributed by atoms with Crippen LogP contribution in [-0.4, -0.2) is 44.5 Å². The van der Waals surface area contributed by atoms with Crippen molar-refractivity contribution in [3.8, 4) is 17.4 Å². The highest BCUT2D eigenvalue weighted by atomic mass is 16.5. The van der Waals surface area contributed by atoms with Crippen LogP contribution in [0.25, 0.3) is 10.9 Å². The summed E-state index contributed by atoms with van der Waals surface area (Å²) >= 11 is 0. The molecule has 0 amide bonds. The highest BCUT2D eigenvalue weighted by Gasteiger charge is 2.25. The maximum absolute atomic E-state index is 5.37. The molecule has 3 rings (SSSR count). The lowest BCUT2D eigenvalue weighted by Gasteiger charge is -2.25. The van der Waals surface area contributed by atoms with Crippen LogP contribution in [-0.2, 0) is 4.74 Å². The summed E-state index contributed by atoms with van der Waals surface area (Å²) in [5.41, 5.74) is 0.774. The Morgan fingerprint density at radius 3 is 2.25 bits per heavy atom. The SMILES string of the molecule is COc1cc2nc(C3COC3)nc(OC)c2cc1OC. The van der Waals surface area contributed by atoms with Crippen molar-refractivity contribution in [3.05, 3.63) is 18.0 Å². The van der Waals surface area contributed by atoms with Crippen LogP contribution in [0.5, 0.6) is 17.4 Å². The molecule has 6 heteroatoms. The van der Waals surface area contributed by atoms with Crippen LogP contribution < -0.4 is 14.2 Å². The van der Waals surface area contributed by atoms with Crippen molar-refractivity contribution < 1.29 is 18.9 Å². The van der Waals surface area contributed by atoms with Gasteiger partial charge in [-0.1, -0.05) is 0 Å². The maximum Gasteiger partial charge on any atom is 0.224 e. The second-order valence-corrected chi connectivity index (χ2v) is 4.55. The summed E-state index contributed by atoms with van der Waals surface area (Å²) in [6.07, 6.45) is 0. The number of benzene rings is 1. The molecule has 20 heavy (non-hydrogen) atoms. The van der Waals surface area contributed by atoms with E-state index in [0.29, 0.717) is 30.6 Å². The van der Waals surface area contributed by atoms with E-state index in [1.807, 2.05) is 12.1 Å². The van der Waals surface area contributed by atoms with Crippen LogP contribution in [0.4, 0.5) is 0 Å². The van der Waals surface area contributed by atoms with E-state index in [4.69, 9.17) is 18.9 Å². The first kappa shape index (κ1) is 12.9. The van der Waals surface area contributed by atoms with Gasteiger partial charge in [0.15, 0.2) is 11.5 Å². The predicted octanol–water partition coefficient (Wildman–Crippen LogP) is 1.77. The van der Waals surface area contributed by atoms with Gasteiger partial charge in [-0.05, 0) is 6.07 Å². The van der Waals surface area contributed by atoms with Crippen molar-refractivity contribution >= 4 is 10.9 Å². The van der Waals surface area contributed by atoms with Crippen molar-refractivity contribution in [2.75, 3.05) is 34.5 Å². The predicted molar refractivity (Wildman–Crippen MR) is 72.8 cm³/mol. The van der Waals surface area contributed by atoms with Crippen LogP contribution in [0.1, 0.15) is 11.7 Å². The minimum absolute atomic E-state index is 0.237. The lowest BCUT2D eigenvalue weighted by atomic mass is 10.1. The van der Waals surface area contributed by atoms with Gasteiger partial charge in [-0.15, -0.1) is 0 Å². The van der Waals surface area contributed by atoms with Crippen molar-refractivity contribution in [2.45, 2.75) is 5.92 Å². The molecule has 0 N–H and O–H groups in total. The maximum atomic E-state index is 5.37. The Morgan fingerprint density at radius 1 is 1.00 bits per heavy atom. The van der Waals surface area contributed by atoms with Crippen LogP contribution >= 0.6 is 0 Å². The number of fused-ring (bicyclic) bond motifs is 1. The number of ether oxygens (including phenoxy) is 4. The first-order chi connectivity index (χ1) is 9.76. The molecule has 0 saturated carbocycles. The number of aromatic nitrogens is 2. The minimum atomic E-state index is 0.237. The molecule has 2 aromatic rings. The van der Waals surface area contributed by atoms with Gasteiger partial charge < -0.3 is 18.9 Å². The van der Waals surface area contributed by atoms with Gasteiger partial charge in [-0.3, -0.25) is 0 Å². The largest absolute Gasteiger partial charge is 0.493 e. The topological polar surface area (TPSA) is 62.7 Å². The molecule has 106 valence electrons. The third-order valence-corrected chi connectivity index (χ3v) is 3.38. The fraction of sp³-hybridized carbons (Fsp3) is 0.429. The molecule has 0 radical (unpaired) electrons. The van der Waals surface area contributed by atoms with Gasteiger partial charge in [0.05, 0.1) is 51.4 Å². The molecule has 0 aliphatic carbocycles. The fourth-order valence-electron chi connectivity index (χ4n) is 2.17. The van der Waals surface area contributed by atoms with E-state index in [1.54, 1.807) is 21.3 Å². The molecule has 1 aliphatic heterocycles. The molecular weight excluding hydrogens is 260 g/mol. The van der Waals surface area contributed by atoms with Crippen LogP contribution in [0.2, 0.25) is 0 Å². The standard InChI is InChI=1S/C14H16N2O4/c1-17-11-4-9-10(5-12(11)18-2)15-13(8-6-20-7-8)16-14(9)19-3/h4-5,8H,6-7H2,1-3H3. The van der Waals surface area contributed by atoms with Crippen molar-refractivity contribution in [2.24, 2.45) is 0 Å². The molecule has 1 aromatic heterocycles. The van der Waals surface area contributed by atoms with Crippen LogP contribution in [0.3, 0.4) is 0 Å². The summed E-state index contributed by atoms with van der Waals surface area (Å²) in [7, 11) is 4.79. The van der Waals surface area contributed by atoms with Gasteiger partial charge >= 0.3 is 0 Å². The lowest BCUT2D eigenvalue weighted by molar-refractivity contribution is 0.00481. The van der Waals surface area contributed by atoms with E-state index in [-0.39, 0.29) is 5.92 Å². The Balaban J connectivity index is 2.19. The first-order valence-electron chi connectivity index (χ1n) is 6.32. The molecule has 1 aliphatic rings. The van der Waals surface area contributed by atoms with Gasteiger partial charge in [0, 0.05) is 6.07 Å². The van der Waals surface area contributed by atoms with E-state index < -0.39 is 0 Å². The third kappa shape index (κ3) is 2.02. The second kappa shape index (κ2) is 5.13. The van der Waals surface area contributed by atoms with E-state index in [2.05, 4.69) is 9.97 Å². The Hall–Kier alpha value is -2.08. The highest BCUT2D eigenvalue weighted by Crippen LogP contribution is 2.36. The molecule has 1 fully saturated rings. The Kier molecular flexibility index (Phi) is 3.31. The highest BCUT2D eigenvalue weighted by molar-refractivity contribution is 5.87. The fourth-order valence-corrected chi connectivity index (χ4v) is 2.17. The molecule has 0 atom stereocenters. The first-order valence-corrected chi connectivity index (χ1v) is 6.32. The summed E-state index contributed by atoms with van der Waals surface area (Å²) in [6.45, 7) is 1.31. The van der Waals surface area contributed by atoms with Gasteiger partial charge in [-0.25, -0.2) is 4.98 Å². The zero-order valence-corrected chi connectivity index (χ0v) is 11.7. The quantitative estimate of drug-likeness (QED) is 0.848. The third-order valence-electron chi connectivity index (χ3n) is 3.38. The molecule has 1 saturated heterocycles. The van der Waals surface area contributed by atoms with Gasteiger partial charge in [0.2, 0.25) is 5.88 Å². The lowest BCUT2D eigenvalue weighted by Crippen LogP contribution is -2.27. The van der Waals surface area contributed by atoms with Crippen molar-refractivity contribution in [3.63, 3.8) is 0 Å². The smallest absolute Gasteiger partial charge is 0.224 e. The summed E-state index contributed by atoms with van der Waals surface area (Å²) in [6, 6.07) is 3.66. The monoisotopic (exact) mass is 276 g/mol. The summed E-state index contributed by atoms with van der Waals surface area (Å²) in [5, 5.41) is 0.800. The molecular formula is C14H16N2O4. The molecule has 6 nitrogen and oxygen atoms in total. The molecule has 0 spiro atoms. The van der Waals surface area contributed by atoms with Gasteiger partial charge in [0.25, 0.3) is 0 Å². The Morgan fingerprint density at radius 2 is 1.70 bits per heavy atom. The van der Waals surface area contributed by atoms with Gasteiger partial charge in [-0.2, -0.15) is 4.98 Å². The Labute approximate surface area is 116 Å². The number of rotatable bonds is 4. The second-order valence-electron chi connectivity index (χ2n) is 4.55. The summed E-state index contributed by atoms with van der Waals surface area (Å²) in [4.78, 5) is 9.05. The zero-order chi connectivity index (χ0) is 14.1. The molecule has 0 unspecified atom stereocenters. The molecule has 0 bridgehead atoms. The summed E-state index contributed by atoms with van der Waals surface area (Å²) < 4.78 is 21.2. The normalized spacial score (nSPS) is 14.9. The minimum Gasteiger partial charge on any atom is -0.493 e. The Bertz CT molecular complexity index is 641. The number of nitrogens with zero attached hydrogens (tertiary/aromatic N) is 2. The van der Waals surface area contributed by atoms with E-state index in [0.717, 1.165) is 16.7 Å². The van der Waals surface area contributed by atoms with Gasteiger partial charge in [0.1, 0.15) is 5.82 Å². The summed E-state index contributed by atoms with van der Waals surface area (Å²) in [5.74, 6) is 2.78. The average Bonchev–Trinajstić information content (AvgIpc) is 2.43. The van der Waals surface area contributed by atoms with Crippen molar-refractivity contribution in [1.82, 2.24) is 9.97 Å². The van der Waals surface area contributed by atoms with Crippen molar-refractivity contribution in [1.29, 1.82) is 0 Å². The van der Waals surface area contributed by atoms with Crippen LogP contribution in [0, 0.1) is 0 Å². The zero-order valence-electron chi connectivity index (χ0n) is 11.7. The van der Waals surface area contributed by atoms with E-state index in [9.17, 15) is 0 Å². The number of methoxy groups -OCH3 is 3. The molecule has 2 heterocycles. The number of hydrogen-bond donors (Lipinski definition) is 0. The van der Waals surface area contributed by atoms with E-state index in [1.165, 1.54) is 0 Å². The molecule has 1 aromatic carbocycles. The average molecular weight is 276 g/mol. The van der Waals surface area contributed by atoms with Crippen LogP contribution in [0.15, 0.2) is 12.1 Å².